The van der Waals surface area contributed by atoms with Gasteiger partial charge in [0.1, 0.15) is 0 Å². The first-order chi connectivity index (χ1) is 10.9. The lowest BCUT2D eigenvalue weighted by molar-refractivity contribution is 0.0420. The molecule has 0 aromatic heterocycles. The molecule has 2 heterocycles. The van der Waals surface area contributed by atoms with Crippen molar-refractivity contribution in [3.8, 4) is 0 Å². The second-order valence-corrected chi connectivity index (χ2v) is 6.04. The van der Waals surface area contributed by atoms with E-state index in [2.05, 4.69) is 20.5 Å². The lowest BCUT2D eigenvalue weighted by Gasteiger charge is -2.16. The molecule has 0 amide bonds. The molecule has 2 N–H and O–H groups in total. The number of likely N-dealkylation sites (tertiary alicyclic amines) is 1. The third-order valence-corrected chi connectivity index (χ3v) is 4.22. The molecule has 0 aromatic rings. The molecule has 0 aromatic carbocycles. The summed E-state index contributed by atoms with van der Waals surface area (Å²) in [4.78, 5) is 6.80. The molecule has 2 saturated heterocycles. The second kappa shape index (κ2) is 10.8. The Labute approximate surface area is 134 Å². The van der Waals surface area contributed by atoms with Gasteiger partial charge in [-0.1, -0.05) is 0 Å². The summed E-state index contributed by atoms with van der Waals surface area (Å²) in [6.45, 7) is 8.00. The molecule has 6 nitrogen and oxygen atoms in total. The number of nitrogens with zero attached hydrogens (tertiary/aromatic N) is 2. The number of guanidine groups is 1. The number of nitrogens with one attached hydrogen (secondary N) is 2. The van der Waals surface area contributed by atoms with Gasteiger partial charge in [0, 0.05) is 33.4 Å². The highest BCUT2D eigenvalue weighted by Crippen LogP contribution is 2.08. The predicted octanol–water partition coefficient (Wildman–Crippen LogP) is 0.833. The first-order valence-corrected chi connectivity index (χ1v) is 8.74. The lowest BCUT2D eigenvalue weighted by Crippen LogP contribution is -2.39. The molecule has 2 aliphatic heterocycles. The maximum Gasteiger partial charge on any atom is 0.190 e. The van der Waals surface area contributed by atoms with Crippen molar-refractivity contribution in [1.29, 1.82) is 0 Å². The van der Waals surface area contributed by atoms with Gasteiger partial charge < -0.3 is 25.0 Å². The molecule has 0 saturated carbocycles. The Bertz CT molecular complexity index is 313. The summed E-state index contributed by atoms with van der Waals surface area (Å²) in [5, 5.41) is 6.71. The van der Waals surface area contributed by atoms with E-state index in [0.717, 1.165) is 51.7 Å². The summed E-state index contributed by atoms with van der Waals surface area (Å²) >= 11 is 0. The summed E-state index contributed by atoms with van der Waals surface area (Å²) in [5.41, 5.74) is 0. The van der Waals surface area contributed by atoms with Crippen molar-refractivity contribution >= 4 is 5.96 Å². The van der Waals surface area contributed by atoms with Gasteiger partial charge in [0.25, 0.3) is 0 Å². The van der Waals surface area contributed by atoms with Crippen LogP contribution in [0.5, 0.6) is 0 Å². The quantitative estimate of drug-likeness (QED) is 0.375. The van der Waals surface area contributed by atoms with Crippen LogP contribution in [0.25, 0.3) is 0 Å². The normalized spacial score (nSPS) is 23.1. The SMILES string of the molecule is CN=C(NCCCOC1CCOC1)NCCCN1CCCC1. The summed E-state index contributed by atoms with van der Waals surface area (Å²) in [7, 11) is 1.82. The van der Waals surface area contributed by atoms with Crippen molar-refractivity contribution in [1.82, 2.24) is 15.5 Å². The van der Waals surface area contributed by atoms with E-state index in [4.69, 9.17) is 9.47 Å². The van der Waals surface area contributed by atoms with Crippen LogP contribution < -0.4 is 10.6 Å². The molecule has 0 aliphatic carbocycles. The highest BCUT2D eigenvalue weighted by atomic mass is 16.5. The number of aliphatic imine (C=N–C) groups is 1. The number of hydrogen-bond donors (Lipinski definition) is 2. The van der Waals surface area contributed by atoms with Crippen LogP contribution in [0.15, 0.2) is 4.99 Å². The highest BCUT2D eigenvalue weighted by molar-refractivity contribution is 5.79. The number of rotatable bonds is 9. The zero-order chi connectivity index (χ0) is 15.5. The van der Waals surface area contributed by atoms with E-state index in [1.807, 2.05) is 7.05 Å². The minimum absolute atomic E-state index is 0.308. The first kappa shape index (κ1) is 17.5. The molecular weight excluding hydrogens is 280 g/mol. The Balaban J connectivity index is 1.42. The second-order valence-electron chi connectivity index (χ2n) is 6.04. The van der Waals surface area contributed by atoms with Gasteiger partial charge >= 0.3 is 0 Å². The third kappa shape index (κ3) is 6.94. The smallest absolute Gasteiger partial charge is 0.190 e. The minimum atomic E-state index is 0.308. The van der Waals surface area contributed by atoms with Gasteiger partial charge in [-0.3, -0.25) is 4.99 Å². The summed E-state index contributed by atoms with van der Waals surface area (Å²) in [5.74, 6) is 0.894. The average molecular weight is 312 g/mol. The van der Waals surface area contributed by atoms with E-state index in [9.17, 15) is 0 Å². The molecule has 0 radical (unpaired) electrons. The fraction of sp³-hybridized carbons (Fsp3) is 0.938. The molecule has 2 fully saturated rings. The molecule has 1 atom stereocenters. The van der Waals surface area contributed by atoms with Crippen molar-refractivity contribution in [2.75, 3.05) is 59.6 Å². The van der Waals surface area contributed by atoms with E-state index in [1.165, 1.54) is 38.9 Å². The molecule has 0 spiro atoms. The van der Waals surface area contributed by atoms with Gasteiger partial charge in [-0.05, 0) is 51.7 Å². The fourth-order valence-electron chi connectivity index (χ4n) is 2.91. The third-order valence-electron chi connectivity index (χ3n) is 4.22. The van der Waals surface area contributed by atoms with Crippen molar-refractivity contribution in [3.63, 3.8) is 0 Å². The molecule has 2 aliphatic rings. The largest absolute Gasteiger partial charge is 0.379 e. The Morgan fingerprint density at radius 3 is 2.68 bits per heavy atom. The van der Waals surface area contributed by atoms with Gasteiger partial charge in [-0.15, -0.1) is 0 Å². The monoisotopic (exact) mass is 312 g/mol. The fourth-order valence-corrected chi connectivity index (χ4v) is 2.91. The van der Waals surface area contributed by atoms with E-state index in [-0.39, 0.29) is 0 Å². The Kier molecular flexibility index (Phi) is 8.60. The summed E-state index contributed by atoms with van der Waals surface area (Å²) < 4.78 is 11.0. The van der Waals surface area contributed by atoms with E-state index >= 15 is 0 Å². The van der Waals surface area contributed by atoms with Crippen molar-refractivity contribution in [2.45, 2.75) is 38.2 Å². The van der Waals surface area contributed by atoms with Crippen LogP contribution in [0.1, 0.15) is 32.1 Å². The standard InChI is InChI=1S/C16H32N4O2/c1-17-16(18-7-4-11-20-9-2-3-10-20)19-8-5-12-22-15-6-13-21-14-15/h15H,2-14H2,1H3,(H2,17,18,19). The van der Waals surface area contributed by atoms with Crippen molar-refractivity contribution in [2.24, 2.45) is 4.99 Å². The van der Waals surface area contributed by atoms with Crippen LogP contribution in [0.4, 0.5) is 0 Å². The van der Waals surface area contributed by atoms with Crippen molar-refractivity contribution < 1.29 is 9.47 Å². The molecular formula is C16H32N4O2. The van der Waals surface area contributed by atoms with E-state index in [0.29, 0.717) is 6.10 Å². The van der Waals surface area contributed by atoms with Crippen LogP contribution in [0.3, 0.4) is 0 Å². The molecule has 1 unspecified atom stereocenters. The van der Waals surface area contributed by atoms with Crippen LogP contribution >= 0.6 is 0 Å². The molecule has 2 rings (SSSR count). The maximum absolute atomic E-state index is 5.74. The summed E-state index contributed by atoms with van der Waals surface area (Å²) in [6, 6.07) is 0. The number of hydrogen-bond acceptors (Lipinski definition) is 4. The highest BCUT2D eigenvalue weighted by Gasteiger charge is 2.15. The van der Waals surface area contributed by atoms with Gasteiger partial charge in [-0.2, -0.15) is 0 Å². The van der Waals surface area contributed by atoms with Crippen LogP contribution in [-0.2, 0) is 9.47 Å². The summed E-state index contributed by atoms with van der Waals surface area (Å²) in [6.07, 6.45) is 6.24. The van der Waals surface area contributed by atoms with Crippen LogP contribution in [-0.4, -0.2) is 76.6 Å². The maximum atomic E-state index is 5.74. The molecule has 128 valence electrons. The Morgan fingerprint density at radius 2 is 2.00 bits per heavy atom. The topological polar surface area (TPSA) is 58.1 Å². The van der Waals surface area contributed by atoms with E-state index < -0.39 is 0 Å². The molecule has 0 bridgehead atoms. The van der Waals surface area contributed by atoms with Crippen LogP contribution in [0, 0.1) is 0 Å². The van der Waals surface area contributed by atoms with Crippen molar-refractivity contribution in [3.05, 3.63) is 0 Å². The zero-order valence-corrected chi connectivity index (χ0v) is 14.0. The average Bonchev–Trinajstić information content (AvgIpc) is 3.22. The number of ether oxygens (including phenoxy) is 2. The predicted molar refractivity (Wildman–Crippen MR) is 89.4 cm³/mol. The lowest BCUT2D eigenvalue weighted by atomic mass is 10.3. The Morgan fingerprint density at radius 1 is 1.23 bits per heavy atom. The zero-order valence-electron chi connectivity index (χ0n) is 14.0. The van der Waals surface area contributed by atoms with E-state index in [1.54, 1.807) is 0 Å². The first-order valence-electron chi connectivity index (χ1n) is 8.74. The van der Waals surface area contributed by atoms with Gasteiger partial charge in [0.15, 0.2) is 5.96 Å². The van der Waals surface area contributed by atoms with Gasteiger partial charge in [0.05, 0.1) is 12.7 Å². The molecule has 22 heavy (non-hydrogen) atoms. The Hall–Kier alpha value is -0.850. The van der Waals surface area contributed by atoms with Gasteiger partial charge in [0.2, 0.25) is 0 Å². The van der Waals surface area contributed by atoms with Crippen LogP contribution in [0.2, 0.25) is 0 Å². The molecule has 6 heteroatoms. The minimum Gasteiger partial charge on any atom is -0.379 e. The van der Waals surface area contributed by atoms with Gasteiger partial charge in [-0.25, -0.2) is 0 Å².